The quantitative estimate of drug-likeness (QED) is 0.805. The molecule has 3 heteroatoms. The molecule has 1 aromatic rings. The summed E-state index contributed by atoms with van der Waals surface area (Å²) in [5.74, 6) is 0. The minimum atomic E-state index is 0.0845. The van der Waals surface area contributed by atoms with Gasteiger partial charge < -0.3 is 10.4 Å². The van der Waals surface area contributed by atoms with E-state index in [1.54, 1.807) is 0 Å². The molecule has 0 fully saturated rings. The Labute approximate surface area is 89.9 Å². The van der Waals surface area contributed by atoms with E-state index in [9.17, 15) is 0 Å². The number of hydrogen-bond acceptors (Lipinski definition) is 2. The monoisotopic (exact) mass is 213 g/mol. The molecule has 0 aromatic heterocycles. The summed E-state index contributed by atoms with van der Waals surface area (Å²) in [6, 6.07) is 7.98. The molecule has 0 spiro atoms. The SMILES string of the molecule is C[C@H](CO)N[C@H](C)c1ccccc1Cl. The van der Waals surface area contributed by atoms with Gasteiger partial charge in [0.1, 0.15) is 0 Å². The summed E-state index contributed by atoms with van der Waals surface area (Å²) >= 11 is 6.04. The van der Waals surface area contributed by atoms with Crippen LogP contribution in [0.3, 0.4) is 0 Å². The normalized spacial score (nSPS) is 15.1. The van der Waals surface area contributed by atoms with Crippen LogP contribution in [0.4, 0.5) is 0 Å². The van der Waals surface area contributed by atoms with Gasteiger partial charge in [-0.3, -0.25) is 0 Å². The van der Waals surface area contributed by atoms with Crippen molar-refractivity contribution in [1.29, 1.82) is 0 Å². The highest BCUT2D eigenvalue weighted by Crippen LogP contribution is 2.22. The molecule has 0 unspecified atom stereocenters. The van der Waals surface area contributed by atoms with Crippen LogP contribution >= 0.6 is 11.6 Å². The smallest absolute Gasteiger partial charge is 0.0582 e. The van der Waals surface area contributed by atoms with E-state index in [4.69, 9.17) is 16.7 Å². The topological polar surface area (TPSA) is 32.3 Å². The van der Waals surface area contributed by atoms with Gasteiger partial charge in [0, 0.05) is 17.1 Å². The zero-order valence-electron chi connectivity index (χ0n) is 8.50. The lowest BCUT2D eigenvalue weighted by atomic mass is 10.1. The van der Waals surface area contributed by atoms with Crippen LogP contribution in [-0.2, 0) is 0 Å². The number of hydrogen-bond donors (Lipinski definition) is 2. The summed E-state index contributed by atoms with van der Waals surface area (Å²) in [7, 11) is 0. The Balaban J connectivity index is 2.69. The Morgan fingerprint density at radius 2 is 2.00 bits per heavy atom. The van der Waals surface area contributed by atoms with Gasteiger partial charge in [0.25, 0.3) is 0 Å². The lowest BCUT2D eigenvalue weighted by molar-refractivity contribution is 0.243. The average Bonchev–Trinajstić information content (AvgIpc) is 2.18. The molecule has 0 saturated heterocycles. The zero-order chi connectivity index (χ0) is 10.6. The Hall–Kier alpha value is -0.570. The first kappa shape index (κ1) is 11.5. The Morgan fingerprint density at radius 1 is 1.36 bits per heavy atom. The third-order valence-electron chi connectivity index (χ3n) is 2.18. The molecule has 0 saturated carbocycles. The Bertz CT molecular complexity index is 290. The molecule has 0 aliphatic heterocycles. The predicted molar refractivity (Wildman–Crippen MR) is 59.6 cm³/mol. The highest BCUT2D eigenvalue weighted by Gasteiger charge is 2.10. The lowest BCUT2D eigenvalue weighted by Crippen LogP contribution is -2.31. The molecule has 0 heterocycles. The maximum Gasteiger partial charge on any atom is 0.0582 e. The van der Waals surface area contributed by atoms with Gasteiger partial charge in [-0.2, -0.15) is 0 Å². The third-order valence-corrected chi connectivity index (χ3v) is 2.52. The van der Waals surface area contributed by atoms with Crippen molar-refractivity contribution >= 4 is 11.6 Å². The highest BCUT2D eigenvalue weighted by molar-refractivity contribution is 6.31. The van der Waals surface area contributed by atoms with Gasteiger partial charge in [0.05, 0.1) is 6.61 Å². The van der Waals surface area contributed by atoms with Crippen molar-refractivity contribution in [3.63, 3.8) is 0 Å². The number of aliphatic hydroxyl groups is 1. The first-order valence-electron chi connectivity index (χ1n) is 4.76. The van der Waals surface area contributed by atoms with Crippen molar-refractivity contribution in [3.05, 3.63) is 34.9 Å². The Kier molecular flexibility index (Phi) is 4.39. The van der Waals surface area contributed by atoms with Crippen molar-refractivity contribution in [2.24, 2.45) is 0 Å². The summed E-state index contributed by atoms with van der Waals surface area (Å²) in [6.45, 7) is 4.11. The van der Waals surface area contributed by atoms with Crippen LogP contribution in [0.5, 0.6) is 0 Å². The molecule has 0 radical (unpaired) electrons. The van der Waals surface area contributed by atoms with Gasteiger partial charge in [-0.15, -0.1) is 0 Å². The molecule has 0 aliphatic rings. The largest absolute Gasteiger partial charge is 0.395 e. The second kappa shape index (κ2) is 5.35. The fraction of sp³-hybridized carbons (Fsp3) is 0.455. The fourth-order valence-electron chi connectivity index (χ4n) is 1.40. The lowest BCUT2D eigenvalue weighted by Gasteiger charge is -2.19. The van der Waals surface area contributed by atoms with Crippen LogP contribution in [0.15, 0.2) is 24.3 Å². The van der Waals surface area contributed by atoms with Crippen molar-refractivity contribution in [1.82, 2.24) is 5.32 Å². The molecule has 1 rings (SSSR count). The predicted octanol–water partition coefficient (Wildman–Crippen LogP) is 2.37. The van der Waals surface area contributed by atoms with E-state index in [1.165, 1.54) is 0 Å². The second-order valence-electron chi connectivity index (χ2n) is 3.49. The van der Waals surface area contributed by atoms with E-state index in [1.807, 2.05) is 38.1 Å². The molecule has 0 bridgehead atoms. The summed E-state index contributed by atoms with van der Waals surface area (Å²) < 4.78 is 0. The van der Waals surface area contributed by atoms with Gasteiger partial charge in [-0.25, -0.2) is 0 Å². The van der Waals surface area contributed by atoms with Gasteiger partial charge >= 0.3 is 0 Å². The Morgan fingerprint density at radius 3 is 2.57 bits per heavy atom. The molecular formula is C11H16ClNO. The van der Waals surface area contributed by atoms with E-state index in [0.717, 1.165) is 10.6 Å². The number of nitrogens with one attached hydrogen (secondary N) is 1. The van der Waals surface area contributed by atoms with Crippen LogP contribution in [0, 0.1) is 0 Å². The molecule has 0 amide bonds. The van der Waals surface area contributed by atoms with Gasteiger partial charge in [0.2, 0.25) is 0 Å². The summed E-state index contributed by atoms with van der Waals surface area (Å²) in [6.07, 6.45) is 0. The average molecular weight is 214 g/mol. The summed E-state index contributed by atoms with van der Waals surface area (Å²) in [5, 5.41) is 12.9. The van der Waals surface area contributed by atoms with Crippen molar-refractivity contribution in [2.45, 2.75) is 25.9 Å². The second-order valence-corrected chi connectivity index (χ2v) is 3.90. The number of rotatable bonds is 4. The van der Waals surface area contributed by atoms with E-state index in [0.29, 0.717) is 0 Å². The van der Waals surface area contributed by atoms with Crippen molar-refractivity contribution in [3.8, 4) is 0 Å². The number of benzene rings is 1. The third kappa shape index (κ3) is 2.98. The molecular weight excluding hydrogens is 198 g/mol. The van der Waals surface area contributed by atoms with Crippen molar-refractivity contribution in [2.75, 3.05) is 6.61 Å². The standard InChI is InChI=1S/C11H16ClNO/c1-8(7-14)13-9(2)10-5-3-4-6-11(10)12/h3-6,8-9,13-14H,7H2,1-2H3/t8-,9-/m1/s1. The molecule has 1 aromatic carbocycles. The van der Waals surface area contributed by atoms with Gasteiger partial charge in [-0.05, 0) is 25.5 Å². The zero-order valence-corrected chi connectivity index (χ0v) is 9.25. The fourth-order valence-corrected chi connectivity index (χ4v) is 1.69. The first-order valence-corrected chi connectivity index (χ1v) is 5.14. The molecule has 14 heavy (non-hydrogen) atoms. The molecule has 0 aliphatic carbocycles. The van der Waals surface area contributed by atoms with E-state index < -0.39 is 0 Å². The minimum absolute atomic E-state index is 0.0845. The van der Waals surface area contributed by atoms with E-state index in [-0.39, 0.29) is 18.7 Å². The maximum absolute atomic E-state index is 8.90. The minimum Gasteiger partial charge on any atom is -0.395 e. The summed E-state index contributed by atoms with van der Waals surface area (Å²) in [5.41, 5.74) is 1.06. The van der Waals surface area contributed by atoms with Crippen molar-refractivity contribution < 1.29 is 5.11 Å². The molecule has 2 nitrogen and oxygen atoms in total. The number of halogens is 1. The van der Waals surface area contributed by atoms with Crippen LogP contribution in [0.25, 0.3) is 0 Å². The van der Waals surface area contributed by atoms with Crippen LogP contribution < -0.4 is 5.32 Å². The van der Waals surface area contributed by atoms with E-state index >= 15 is 0 Å². The number of aliphatic hydroxyl groups excluding tert-OH is 1. The highest BCUT2D eigenvalue weighted by atomic mass is 35.5. The van der Waals surface area contributed by atoms with Crippen LogP contribution in [0.2, 0.25) is 5.02 Å². The van der Waals surface area contributed by atoms with E-state index in [2.05, 4.69) is 5.32 Å². The van der Waals surface area contributed by atoms with Crippen LogP contribution in [0.1, 0.15) is 25.5 Å². The molecule has 78 valence electrons. The summed E-state index contributed by atoms with van der Waals surface area (Å²) in [4.78, 5) is 0. The molecule has 2 atom stereocenters. The van der Waals surface area contributed by atoms with Gasteiger partial charge in [-0.1, -0.05) is 29.8 Å². The maximum atomic E-state index is 8.90. The first-order chi connectivity index (χ1) is 6.65. The van der Waals surface area contributed by atoms with Crippen LogP contribution in [-0.4, -0.2) is 17.8 Å². The van der Waals surface area contributed by atoms with Gasteiger partial charge in [0.15, 0.2) is 0 Å². The molecule has 2 N–H and O–H groups in total.